The molecule has 2 aromatic carbocycles. The van der Waals surface area contributed by atoms with Crippen molar-refractivity contribution in [1.82, 2.24) is 14.7 Å². The maximum absolute atomic E-state index is 13.5. The maximum atomic E-state index is 13.5. The van der Waals surface area contributed by atoms with Gasteiger partial charge in [0.25, 0.3) is 0 Å². The number of aromatic nitrogens is 2. The molecule has 37 heavy (non-hydrogen) atoms. The summed E-state index contributed by atoms with van der Waals surface area (Å²) in [7, 11) is 1.82. The van der Waals surface area contributed by atoms with Gasteiger partial charge in [0.2, 0.25) is 5.88 Å². The third-order valence-electron chi connectivity index (χ3n) is 5.68. The Bertz CT molecular complexity index is 1250. The number of ether oxygens (including phenoxy) is 2. The SMILES string of the molecule is Cn1nc(-c2ccccc2)c(CN(Cc2ccco2)C[C@H](O)COC(C)(C)C)c1Oc1ccc(F)cc1. The molecule has 4 rings (SSSR count). The Morgan fingerprint density at radius 1 is 1.03 bits per heavy atom. The van der Waals surface area contributed by atoms with Gasteiger partial charge in [-0.1, -0.05) is 30.3 Å². The summed E-state index contributed by atoms with van der Waals surface area (Å²) in [5, 5.41) is 15.6. The number of aliphatic hydroxyl groups excluding tert-OH is 1. The van der Waals surface area contributed by atoms with Gasteiger partial charge < -0.3 is 19.0 Å². The van der Waals surface area contributed by atoms with Crippen molar-refractivity contribution in [3.8, 4) is 22.9 Å². The monoisotopic (exact) mass is 507 g/mol. The van der Waals surface area contributed by atoms with Crippen LogP contribution >= 0.6 is 0 Å². The van der Waals surface area contributed by atoms with E-state index in [1.54, 1.807) is 23.1 Å². The fourth-order valence-corrected chi connectivity index (χ4v) is 3.99. The number of benzene rings is 2. The summed E-state index contributed by atoms with van der Waals surface area (Å²) in [6.45, 7) is 7.32. The number of rotatable bonds is 11. The van der Waals surface area contributed by atoms with E-state index < -0.39 is 6.10 Å². The molecule has 0 radical (unpaired) electrons. The van der Waals surface area contributed by atoms with Crippen molar-refractivity contribution in [2.45, 2.75) is 45.6 Å². The summed E-state index contributed by atoms with van der Waals surface area (Å²) in [5.74, 6) is 1.48. The minimum absolute atomic E-state index is 0.204. The minimum atomic E-state index is -0.715. The van der Waals surface area contributed by atoms with E-state index in [0.717, 1.165) is 22.6 Å². The Labute approximate surface area is 217 Å². The second kappa shape index (κ2) is 11.7. The molecule has 2 heterocycles. The first-order valence-electron chi connectivity index (χ1n) is 12.3. The van der Waals surface area contributed by atoms with Crippen LogP contribution in [0.15, 0.2) is 77.4 Å². The molecular weight excluding hydrogens is 473 g/mol. The van der Waals surface area contributed by atoms with Gasteiger partial charge in [-0.05, 0) is 57.2 Å². The second-order valence-corrected chi connectivity index (χ2v) is 10.0. The van der Waals surface area contributed by atoms with Crippen LogP contribution in [0.1, 0.15) is 32.1 Å². The fraction of sp³-hybridized carbons (Fsp3) is 0.345. The van der Waals surface area contributed by atoms with Crippen molar-refractivity contribution in [1.29, 1.82) is 0 Å². The highest BCUT2D eigenvalue weighted by Gasteiger charge is 2.25. The fourth-order valence-electron chi connectivity index (χ4n) is 3.99. The van der Waals surface area contributed by atoms with Crippen LogP contribution in [0, 0.1) is 5.82 Å². The van der Waals surface area contributed by atoms with Gasteiger partial charge in [0, 0.05) is 25.7 Å². The van der Waals surface area contributed by atoms with Crippen LogP contribution in [-0.2, 0) is 24.9 Å². The minimum Gasteiger partial charge on any atom is -0.468 e. The first-order valence-corrected chi connectivity index (χ1v) is 12.3. The lowest BCUT2D eigenvalue weighted by Crippen LogP contribution is -2.36. The number of aliphatic hydroxyl groups is 1. The van der Waals surface area contributed by atoms with Gasteiger partial charge in [-0.2, -0.15) is 5.10 Å². The van der Waals surface area contributed by atoms with Crippen molar-refractivity contribution < 1.29 is 23.4 Å². The zero-order chi connectivity index (χ0) is 26.4. The number of halogens is 1. The average molecular weight is 508 g/mol. The first-order chi connectivity index (χ1) is 17.7. The van der Waals surface area contributed by atoms with Gasteiger partial charge in [-0.3, -0.25) is 4.90 Å². The number of hydrogen-bond acceptors (Lipinski definition) is 6. The van der Waals surface area contributed by atoms with Crippen LogP contribution in [0.25, 0.3) is 11.3 Å². The number of furan rings is 1. The summed E-state index contributed by atoms with van der Waals surface area (Å²) >= 11 is 0. The molecule has 0 bridgehead atoms. The second-order valence-electron chi connectivity index (χ2n) is 10.0. The molecule has 1 N–H and O–H groups in total. The van der Waals surface area contributed by atoms with Gasteiger partial charge in [0.15, 0.2) is 0 Å². The van der Waals surface area contributed by atoms with Crippen LogP contribution < -0.4 is 4.74 Å². The standard InChI is InChI=1S/C29H34FN3O4/c1-29(2,3)36-20-23(34)17-33(18-25-11-8-16-35-25)19-26-27(21-9-6-5-7-10-21)31-32(4)28(26)37-24-14-12-22(30)13-15-24/h5-16,23,34H,17-20H2,1-4H3/t23-/m0/s1. The highest BCUT2D eigenvalue weighted by Crippen LogP contribution is 2.34. The molecule has 1 atom stereocenters. The Morgan fingerprint density at radius 2 is 1.76 bits per heavy atom. The summed E-state index contributed by atoms with van der Waals surface area (Å²) in [6, 6.07) is 19.5. The van der Waals surface area contributed by atoms with E-state index in [2.05, 4.69) is 4.90 Å². The summed E-state index contributed by atoms with van der Waals surface area (Å²) < 4.78 is 32.8. The van der Waals surface area contributed by atoms with Gasteiger partial charge in [0.05, 0.1) is 36.7 Å². The lowest BCUT2D eigenvalue weighted by molar-refractivity contribution is -0.0576. The quantitative estimate of drug-likeness (QED) is 0.277. The van der Waals surface area contributed by atoms with Gasteiger partial charge in [-0.25, -0.2) is 9.07 Å². The Kier molecular flexibility index (Phi) is 8.43. The van der Waals surface area contributed by atoms with Crippen molar-refractivity contribution >= 4 is 0 Å². The van der Waals surface area contributed by atoms with Crippen molar-refractivity contribution in [2.75, 3.05) is 13.2 Å². The zero-order valence-corrected chi connectivity index (χ0v) is 21.7. The molecule has 0 unspecified atom stereocenters. The van der Waals surface area contributed by atoms with E-state index in [1.807, 2.05) is 70.3 Å². The third-order valence-corrected chi connectivity index (χ3v) is 5.68. The van der Waals surface area contributed by atoms with E-state index in [1.165, 1.54) is 12.1 Å². The summed E-state index contributed by atoms with van der Waals surface area (Å²) in [6.07, 6.45) is 0.919. The lowest BCUT2D eigenvalue weighted by atomic mass is 10.1. The van der Waals surface area contributed by atoms with Crippen LogP contribution in [0.2, 0.25) is 0 Å². The van der Waals surface area contributed by atoms with Crippen molar-refractivity contribution in [3.63, 3.8) is 0 Å². The molecule has 0 spiro atoms. The van der Waals surface area contributed by atoms with Crippen molar-refractivity contribution in [2.24, 2.45) is 7.05 Å². The van der Waals surface area contributed by atoms with Crippen LogP contribution in [0.3, 0.4) is 0 Å². The molecule has 7 nitrogen and oxygen atoms in total. The largest absolute Gasteiger partial charge is 0.468 e. The number of nitrogens with zero attached hydrogens (tertiary/aromatic N) is 3. The van der Waals surface area contributed by atoms with Crippen molar-refractivity contribution in [3.05, 3.63) is 90.1 Å². The van der Waals surface area contributed by atoms with E-state index >= 15 is 0 Å². The van der Waals surface area contributed by atoms with Gasteiger partial charge in [0.1, 0.15) is 23.0 Å². The molecule has 0 aliphatic heterocycles. The average Bonchev–Trinajstić information content (AvgIpc) is 3.48. The zero-order valence-electron chi connectivity index (χ0n) is 21.7. The molecule has 8 heteroatoms. The molecule has 2 aromatic heterocycles. The predicted molar refractivity (Wildman–Crippen MR) is 140 cm³/mol. The number of hydrogen-bond donors (Lipinski definition) is 1. The molecule has 0 aliphatic carbocycles. The molecule has 0 aliphatic rings. The van der Waals surface area contributed by atoms with Crippen LogP contribution in [0.5, 0.6) is 11.6 Å². The molecule has 0 saturated heterocycles. The van der Waals surface area contributed by atoms with E-state index in [9.17, 15) is 9.50 Å². The highest BCUT2D eigenvalue weighted by atomic mass is 19.1. The van der Waals surface area contributed by atoms with Crippen LogP contribution in [0.4, 0.5) is 4.39 Å². The topological polar surface area (TPSA) is 72.9 Å². The maximum Gasteiger partial charge on any atom is 0.222 e. The highest BCUT2D eigenvalue weighted by molar-refractivity contribution is 5.65. The molecule has 0 amide bonds. The smallest absolute Gasteiger partial charge is 0.222 e. The van der Waals surface area contributed by atoms with Crippen LogP contribution in [-0.4, -0.2) is 44.6 Å². The Morgan fingerprint density at radius 3 is 2.41 bits per heavy atom. The normalized spacial score (nSPS) is 12.7. The van der Waals surface area contributed by atoms with E-state index in [0.29, 0.717) is 31.3 Å². The summed E-state index contributed by atoms with van der Waals surface area (Å²) in [4.78, 5) is 2.08. The Hall–Kier alpha value is -3.46. The van der Waals surface area contributed by atoms with Gasteiger partial charge >= 0.3 is 0 Å². The van der Waals surface area contributed by atoms with Gasteiger partial charge in [-0.15, -0.1) is 0 Å². The lowest BCUT2D eigenvalue weighted by Gasteiger charge is -2.27. The molecule has 4 aromatic rings. The predicted octanol–water partition coefficient (Wildman–Crippen LogP) is 5.79. The molecule has 0 saturated carbocycles. The summed E-state index contributed by atoms with van der Waals surface area (Å²) in [5.41, 5.74) is 2.20. The molecular formula is C29H34FN3O4. The number of aryl methyl sites for hydroxylation is 1. The Balaban J connectivity index is 1.67. The third kappa shape index (κ3) is 7.52. The first kappa shape index (κ1) is 26.6. The molecule has 196 valence electrons. The van der Waals surface area contributed by atoms with E-state index in [4.69, 9.17) is 19.0 Å². The molecule has 0 fully saturated rings. The van der Waals surface area contributed by atoms with E-state index in [-0.39, 0.29) is 18.0 Å².